The maximum absolute atomic E-state index is 11.0. The van der Waals surface area contributed by atoms with Gasteiger partial charge in [-0.2, -0.15) is 0 Å². The largest absolute Gasteiger partial charge is 1.00 e. The second-order valence-electron chi connectivity index (χ2n) is 32.8. The number of carbonyl (C=O) groups is 1. The minimum Gasteiger partial charge on any atom is -0.668 e. The molecule has 79 heavy (non-hydrogen) atoms. The van der Waals surface area contributed by atoms with Crippen molar-refractivity contribution in [3.63, 3.8) is 0 Å². The fourth-order valence-corrected chi connectivity index (χ4v) is 29.0. The van der Waals surface area contributed by atoms with Gasteiger partial charge in [0.25, 0.3) is 0 Å². The van der Waals surface area contributed by atoms with Crippen LogP contribution in [0.15, 0.2) is 5.57 Å². The molecule has 8 saturated carbocycles. The van der Waals surface area contributed by atoms with Gasteiger partial charge in [-0.25, -0.2) is 0 Å². The maximum Gasteiger partial charge on any atom is 1.00 e. The van der Waals surface area contributed by atoms with E-state index in [0.29, 0.717) is 27.6 Å². The van der Waals surface area contributed by atoms with Crippen LogP contribution in [-0.4, -0.2) is 46.2 Å². The van der Waals surface area contributed by atoms with Gasteiger partial charge < -0.3 is 26.2 Å². The predicted molar refractivity (Wildman–Crippen MR) is 342 cm³/mol. The van der Waals surface area contributed by atoms with Crippen LogP contribution in [0.4, 0.5) is 0 Å². The van der Waals surface area contributed by atoms with Crippen molar-refractivity contribution in [3.8, 4) is 0 Å². The van der Waals surface area contributed by atoms with Crippen molar-refractivity contribution in [1.29, 1.82) is 0 Å². The first kappa shape index (κ1) is 76.9. The summed E-state index contributed by atoms with van der Waals surface area (Å²) in [6.07, 6.45) is 35.1. The number of carbonyl (C=O) groups excluding carboxylic acids is 1. The monoisotopic (exact) mass is 1220 g/mol. The van der Waals surface area contributed by atoms with E-state index < -0.39 is 16.5 Å². The number of nitrogens with zero attached hydrogens (tertiary/aromatic N) is 1. The summed E-state index contributed by atoms with van der Waals surface area (Å²) in [5.41, 5.74) is 3.70. The first-order valence-electron chi connectivity index (χ1n) is 33.9. The Morgan fingerprint density at radius 3 is 1.25 bits per heavy atom. The standard InChI is InChI=1S/C19H34O.C18H34O2.C14H26.C14H23.C6H18NSi2.Na.Y/c1-5-16(13-20)9-8-15(3)18-11-10-17-14(2)7-6-12-19(17,18)4;1-13-5-4-10-18(3)16(13)8-9-17(18)14(2)6-7-15(11-19)12-20;2*1-10(2)12-7-8-13-11(3)6-5-9-14(12,13)4;1-8(2,3)7-9(4,5)6;;/h13-18H,5-12H2,1-4H3;13-17,19-20H,4-12H2,1-3H3;10-13H,5-9H2,1-4H3;3,10,12-13H,5-9H2,1-2,4H3;1-6H3;;/q;;;2*-1;+1;/t14-,15?,16?,17?,18+,19-;13-,14?,16?,17+,18-;11-,12+,13?,14+;12-,13?,14-;;;/m0001.../s1. The SMILES string of the molecule is CC(C)[C@H]1CCC2[C@@H](C)CCC[C@@]21C.CC(CCC(CO)CO)[C@H]1CCC2[C@@H](C)CCC[C@@]21C.CCC(C=O)CCC(C)[C@H]1CCC2[C@@H](C)CCC[C@@]21C.C[Si](C)(C)[N-][Si](C)(C)C.[CH-]=C1CCC[C@@]2(C)C1CC[C@@H]2C(C)C.[Na+].[Y]. The number of allylic oxidation sites excluding steroid dienone is 1. The number of aliphatic hydroxyl groups is 2. The first-order chi connectivity index (χ1) is 35.9. The van der Waals surface area contributed by atoms with Crippen LogP contribution in [0.3, 0.4) is 0 Å². The van der Waals surface area contributed by atoms with Crippen LogP contribution in [0, 0.1) is 129 Å². The van der Waals surface area contributed by atoms with E-state index in [0.717, 1.165) is 114 Å². The van der Waals surface area contributed by atoms with Gasteiger partial charge in [0.1, 0.15) is 6.29 Å². The molecule has 0 aliphatic heterocycles. The summed E-state index contributed by atoms with van der Waals surface area (Å²) in [6, 6.07) is 0. The van der Waals surface area contributed by atoms with Gasteiger partial charge in [0.15, 0.2) is 0 Å². The second kappa shape index (κ2) is 34.0. The third-order valence-electron chi connectivity index (χ3n) is 24.6. The van der Waals surface area contributed by atoms with Gasteiger partial charge in [-0.15, -0.1) is 0 Å². The summed E-state index contributed by atoms with van der Waals surface area (Å²) in [7, 11) is -2.21. The van der Waals surface area contributed by atoms with Crippen LogP contribution in [0.2, 0.25) is 39.3 Å². The van der Waals surface area contributed by atoms with E-state index in [4.69, 9.17) is 11.2 Å². The first-order valence-corrected chi connectivity index (χ1v) is 40.8. The number of rotatable bonds is 16. The van der Waals surface area contributed by atoms with E-state index in [1.54, 1.807) is 0 Å². The Morgan fingerprint density at radius 2 is 0.899 bits per heavy atom. The Morgan fingerprint density at radius 1 is 0.544 bits per heavy atom. The van der Waals surface area contributed by atoms with Crippen LogP contribution in [0.5, 0.6) is 0 Å². The minimum atomic E-state index is -1.11. The number of fused-ring (bicyclic) bond motifs is 4. The summed E-state index contributed by atoms with van der Waals surface area (Å²) in [5, 5.41) is 18.4. The van der Waals surface area contributed by atoms with E-state index in [-0.39, 0.29) is 81.4 Å². The van der Waals surface area contributed by atoms with Gasteiger partial charge in [-0.3, -0.25) is 5.57 Å². The molecule has 8 rings (SSSR count). The van der Waals surface area contributed by atoms with Crippen molar-refractivity contribution in [3.05, 3.63) is 16.8 Å². The minimum absolute atomic E-state index is 0. The molecule has 8 heteroatoms. The van der Waals surface area contributed by atoms with Crippen LogP contribution in [0.1, 0.15) is 257 Å². The second-order valence-corrected chi connectivity index (χ2v) is 42.3. The Bertz CT molecular complexity index is 1730. The molecule has 1 radical (unpaired) electrons. The molecule has 8 fully saturated rings. The normalized spacial score (nSPS) is 37.8. The molecule has 0 saturated heterocycles. The zero-order chi connectivity index (χ0) is 57.9. The smallest absolute Gasteiger partial charge is 0.668 e. The predicted octanol–water partition coefficient (Wildman–Crippen LogP) is 18.1. The number of hydrogen-bond donors (Lipinski definition) is 2. The third kappa shape index (κ3) is 20.4. The molecular weight excluding hydrogens is 1080 g/mol. The summed E-state index contributed by atoms with van der Waals surface area (Å²) in [6.45, 7) is 54.5. The quantitative estimate of drug-likeness (QED) is 0.0919. The van der Waals surface area contributed by atoms with E-state index in [1.807, 2.05) is 0 Å². The van der Waals surface area contributed by atoms with Crippen molar-refractivity contribution >= 4 is 22.8 Å². The topological polar surface area (TPSA) is 71.6 Å². The number of aldehydes is 1. The van der Waals surface area contributed by atoms with E-state index in [9.17, 15) is 15.0 Å². The summed E-state index contributed by atoms with van der Waals surface area (Å²) in [4.78, 5) is 11.0. The number of hydrogen-bond acceptors (Lipinski definition) is 3. The van der Waals surface area contributed by atoms with Crippen LogP contribution in [-0.2, 0) is 37.5 Å². The van der Waals surface area contributed by atoms with Gasteiger partial charge in [-0.1, -0.05) is 204 Å². The summed E-state index contributed by atoms with van der Waals surface area (Å²) < 4.78 is 4.82. The van der Waals surface area contributed by atoms with Gasteiger partial charge in [-0.05, 0) is 220 Å². The van der Waals surface area contributed by atoms with Gasteiger partial charge in [0.05, 0.1) is 0 Å². The van der Waals surface area contributed by atoms with Crippen molar-refractivity contribution in [2.24, 2.45) is 122 Å². The molecule has 4 nitrogen and oxygen atoms in total. The number of aliphatic hydroxyl groups excluding tert-OH is 2. The molecular formula is C71H135NNaO3Si2Y-. The molecule has 0 aromatic carbocycles. The molecule has 0 heterocycles. The molecule has 0 aromatic rings. The fraction of sp³-hybridized carbons (Fsp3) is 0.958. The molecule has 7 unspecified atom stereocenters. The Kier molecular flexibility index (Phi) is 33.1. The van der Waals surface area contributed by atoms with Crippen molar-refractivity contribution in [1.82, 2.24) is 0 Å². The zero-order valence-corrected chi connectivity index (χ0v) is 63.7. The summed E-state index contributed by atoms with van der Waals surface area (Å²) in [5.74, 6) is 13.9. The molecule has 0 aromatic heterocycles. The van der Waals surface area contributed by atoms with E-state index >= 15 is 0 Å². The molecule has 8 aliphatic rings. The fourth-order valence-electron chi connectivity index (χ4n) is 20.9. The van der Waals surface area contributed by atoms with E-state index in [2.05, 4.69) is 136 Å². The molecule has 0 bridgehead atoms. The average Bonchev–Trinajstić information content (AvgIpc) is 4.10. The van der Waals surface area contributed by atoms with Crippen LogP contribution < -0.4 is 29.6 Å². The Hall–Kier alpha value is 1.83. The molecule has 455 valence electrons. The molecule has 0 amide bonds. The van der Waals surface area contributed by atoms with Crippen molar-refractivity contribution < 1.29 is 77.3 Å². The van der Waals surface area contributed by atoms with Gasteiger partial charge in [0.2, 0.25) is 0 Å². The Balaban J connectivity index is 0.000000343. The van der Waals surface area contributed by atoms with Crippen LogP contribution in [0.25, 0.3) is 4.65 Å². The molecule has 2 N–H and O–H groups in total. The van der Waals surface area contributed by atoms with Crippen LogP contribution >= 0.6 is 0 Å². The van der Waals surface area contributed by atoms with Crippen molar-refractivity contribution in [2.75, 3.05) is 13.2 Å². The molecule has 8 aliphatic carbocycles. The molecule has 0 spiro atoms. The molecule has 18 atom stereocenters. The maximum atomic E-state index is 11.0. The van der Waals surface area contributed by atoms with Gasteiger partial charge >= 0.3 is 29.6 Å². The average molecular weight is 1220 g/mol. The summed E-state index contributed by atoms with van der Waals surface area (Å²) >= 11 is 0. The van der Waals surface area contributed by atoms with Gasteiger partial charge in [0, 0.05) is 57.8 Å². The zero-order valence-electron chi connectivity index (χ0n) is 56.9. The Labute approximate surface area is 544 Å². The third-order valence-corrected chi connectivity index (χ3v) is 29.9. The van der Waals surface area contributed by atoms with Crippen molar-refractivity contribution in [2.45, 2.75) is 297 Å². The van der Waals surface area contributed by atoms with E-state index in [1.165, 1.54) is 147 Å².